The number of rotatable bonds is 6. The molecular formula is C24H23NO3S. The molecule has 148 valence electrons. The van der Waals surface area contributed by atoms with E-state index in [1.807, 2.05) is 0 Å². The average molecular weight is 406 g/mol. The van der Waals surface area contributed by atoms with Crippen LogP contribution in [-0.2, 0) is 6.42 Å². The van der Waals surface area contributed by atoms with Gasteiger partial charge in [-0.25, -0.2) is 4.79 Å². The first-order chi connectivity index (χ1) is 14.1. The lowest BCUT2D eigenvalue weighted by Gasteiger charge is -2.26. The van der Waals surface area contributed by atoms with Crippen molar-refractivity contribution in [3.05, 3.63) is 83.2 Å². The van der Waals surface area contributed by atoms with Gasteiger partial charge in [0.15, 0.2) is 0 Å². The van der Waals surface area contributed by atoms with Crippen LogP contribution in [0, 0.1) is 6.92 Å². The fourth-order valence-electron chi connectivity index (χ4n) is 3.77. The number of carboxylic acid groups (broad SMARTS) is 1. The predicted octanol–water partition coefficient (Wildman–Crippen LogP) is 5.74. The average Bonchev–Trinajstić information content (AvgIpc) is 2.74. The Morgan fingerprint density at radius 2 is 2.10 bits per heavy atom. The summed E-state index contributed by atoms with van der Waals surface area (Å²) in [6.45, 7) is 2.81. The third-order valence-electron chi connectivity index (χ3n) is 5.37. The molecule has 4 nitrogen and oxygen atoms in total. The molecule has 0 bridgehead atoms. The van der Waals surface area contributed by atoms with Crippen molar-refractivity contribution in [2.45, 2.75) is 41.9 Å². The van der Waals surface area contributed by atoms with Gasteiger partial charge >= 0.3 is 5.97 Å². The SMILES string of the molecule is Cc1ccccc1Sc1ccc2c(c1)OCC[C@@H]2CCc1cnccc1C(=O)O. The highest BCUT2D eigenvalue weighted by Crippen LogP contribution is 2.40. The molecule has 1 aliphatic heterocycles. The summed E-state index contributed by atoms with van der Waals surface area (Å²) in [5.74, 6) is 0.412. The molecular weight excluding hydrogens is 382 g/mol. The molecule has 29 heavy (non-hydrogen) atoms. The standard InChI is InChI=1S/C24H23NO3S/c1-16-4-2-3-5-23(16)29-19-8-9-20-17(11-13-28-22(20)14-19)6-7-18-15-25-12-10-21(18)24(26)27/h2-5,8-10,12,14-15,17H,6-7,11,13H2,1H3,(H,26,27)/t17-/m0/s1. The Bertz CT molecular complexity index is 1030. The van der Waals surface area contributed by atoms with Crippen molar-refractivity contribution in [1.82, 2.24) is 4.98 Å². The normalized spacial score (nSPS) is 15.4. The zero-order valence-corrected chi connectivity index (χ0v) is 17.1. The van der Waals surface area contributed by atoms with E-state index in [-0.39, 0.29) is 0 Å². The molecule has 0 saturated carbocycles. The molecule has 1 N–H and O–H groups in total. The van der Waals surface area contributed by atoms with Gasteiger partial charge in [0.2, 0.25) is 0 Å². The zero-order chi connectivity index (χ0) is 20.2. The van der Waals surface area contributed by atoms with Crippen molar-refractivity contribution in [1.29, 1.82) is 0 Å². The van der Waals surface area contributed by atoms with Crippen LogP contribution in [0.25, 0.3) is 0 Å². The van der Waals surface area contributed by atoms with Crippen molar-refractivity contribution < 1.29 is 14.6 Å². The van der Waals surface area contributed by atoms with E-state index < -0.39 is 5.97 Å². The van der Waals surface area contributed by atoms with E-state index in [2.05, 4.69) is 54.4 Å². The summed E-state index contributed by atoms with van der Waals surface area (Å²) < 4.78 is 5.96. The number of pyridine rings is 1. The quantitative estimate of drug-likeness (QED) is 0.567. The predicted molar refractivity (Wildman–Crippen MR) is 114 cm³/mol. The number of benzene rings is 2. The van der Waals surface area contributed by atoms with Crippen molar-refractivity contribution >= 4 is 17.7 Å². The van der Waals surface area contributed by atoms with Gasteiger partial charge in [-0.05, 0) is 73.1 Å². The lowest BCUT2D eigenvalue weighted by atomic mass is 9.87. The number of hydrogen-bond acceptors (Lipinski definition) is 4. The molecule has 5 heteroatoms. The molecule has 0 unspecified atom stereocenters. The van der Waals surface area contributed by atoms with E-state index in [0.29, 0.717) is 24.5 Å². The highest BCUT2D eigenvalue weighted by Gasteiger charge is 2.23. The largest absolute Gasteiger partial charge is 0.493 e. The van der Waals surface area contributed by atoms with E-state index in [9.17, 15) is 9.90 Å². The number of fused-ring (bicyclic) bond motifs is 1. The first kappa shape index (κ1) is 19.5. The smallest absolute Gasteiger partial charge is 0.336 e. The maximum atomic E-state index is 11.4. The second-order valence-corrected chi connectivity index (χ2v) is 8.39. The maximum Gasteiger partial charge on any atom is 0.336 e. The molecule has 2 heterocycles. The van der Waals surface area contributed by atoms with Crippen LogP contribution in [0.3, 0.4) is 0 Å². The van der Waals surface area contributed by atoms with Gasteiger partial charge in [0.25, 0.3) is 0 Å². The number of carboxylic acids is 1. The van der Waals surface area contributed by atoms with E-state index in [0.717, 1.165) is 24.2 Å². The van der Waals surface area contributed by atoms with Crippen LogP contribution in [0.1, 0.15) is 45.8 Å². The minimum absolute atomic E-state index is 0.345. The fraction of sp³-hybridized carbons (Fsp3) is 0.250. The summed E-state index contributed by atoms with van der Waals surface area (Å²) in [6, 6.07) is 16.4. The van der Waals surface area contributed by atoms with Crippen LogP contribution in [0.15, 0.2) is 70.7 Å². The van der Waals surface area contributed by atoms with Crippen LogP contribution in [-0.4, -0.2) is 22.7 Å². The molecule has 0 spiro atoms. The molecule has 0 amide bonds. The number of nitrogens with zero attached hydrogens (tertiary/aromatic N) is 1. The van der Waals surface area contributed by atoms with E-state index in [4.69, 9.17) is 4.74 Å². The summed E-state index contributed by atoms with van der Waals surface area (Å²) in [5.41, 5.74) is 3.61. The molecule has 3 aromatic rings. The fourth-order valence-corrected chi connectivity index (χ4v) is 4.70. The first-order valence-electron chi connectivity index (χ1n) is 9.78. The Kier molecular flexibility index (Phi) is 5.86. The van der Waals surface area contributed by atoms with Crippen LogP contribution in [0.2, 0.25) is 0 Å². The van der Waals surface area contributed by atoms with Gasteiger partial charge in [-0.2, -0.15) is 0 Å². The first-order valence-corrected chi connectivity index (χ1v) is 10.6. The number of aromatic carboxylic acids is 1. The van der Waals surface area contributed by atoms with Crippen molar-refractivity contribution in [2.75, 3.05) is 6.61 Å². The number of aryl methyl sites for hydroxylation is 2. The summed E-state index contributed by atoms with van der Waals surface area (Å²) in [4.78, 5) is 17.9. The number of aromatic nitrogens is 1. The molecule has 0 saturated heterocycles. The monoisotopic (exact) mass is 405 g/mol. The zero-order valence-electron chi connectivity index (χ0n) is 16.3. The van der Waals surface area contributed by atoms with Gasteiger partial charge in [-0.1, -0.05) is 36.0 Å². The van der Waals surface area contributed by atoms with Gasteiger partial charge < -0.3 is 9.84 Å². The third-order valence-corrected chi connectivity index (χ3v) is 6.53. The summed E-state index contributed by atoms with van der Waals surface area (Å²) >= 11 is 1.75. The molecule has 4 rings (SSSR count). The van der Waals surface area contributed by atoms with Gasteiger partial charge in [-0.15, -0.1) is 0 Å². The minimum atomic E-state index is -0.896. The van der Waals surface area contributed by atoms with Crippen LogP contribution >= 0.6 is 11.8 Å². The van der Waals surface area contributed by atoms with E-state index >= 15 is 0 Å². The molecule has 0 aliphatic carbocycles. The maximum absolute atomic E-state index is 11.4. The highest BCUT2D eigenvalue weighted by molar-refractivity contribution is 7.99. The second-order valence-electron chi connectivity index (χ2n) is 7.28. The number of ether oxygens (including phenoxy) is 1. The van der Waals surface area contributed by atoms with Gasteiger partial charge in [0, 0.05) is 22.2 Å². The van der Waals surface area contributed by atoms with Crippen molar-refractivity contribution in [3.63, 3.8) is 0 Å². The Morgan fingerprint density at radius 1 is 1.24 bits per heavy atom. The molecule has 0 fully saturated rings. The van der Waals surface area contributed by atoms with E-state index in [1.54, 1.807) is 24.0 Å². The lowest BCUT2D eigenvalue weighted by molar-refractivity contribution is 0.0695. The van der Waals surface area contributed by atoms with Crippen LogP contribution in [0.5, 0.6) is 5.75 Å². The van der Waals surface area contributed by atoms with Crippen LogP contribution in [0.4, 0.5) is 0 Å². The topological polar surface area (TPSA) is 59.4 Å². The molecule has 0 radical (unpaired) electrons. The van der Waals surface area contributed by atoms with Crippen LogP contribution < -0.4 is 4.74 Å². The molecule has 1 aromatic heterocycles. The Balaban J connectivity index is 1.50. The third kappa shape index (κ3) is 4.46. The molecule has 1 atom stereocenters. The van der Waals surface area contributed by atoms with Crippen molar-refractivity contribution in [3.8, 4) is 5.75 Å². The molecule has 1 aliphatic rings. The van der Waals surface area contributed by atoms with Crippen molar-refractivity contribution in [2.24, 2.45) is 0 Å². The highest BCUT2D eigenvalue weighted by atomic mass is 32.2. The Morgan fingerprint density at radius 3 is 2.93 bits per heavy atom. The number of carbonyl (C=O) groups is 1. The van der Waals surface area contributed by atoms with Gasteiger partial charge in [0.1, 0.15) is 5.75 Å². The van der Waals surface area contributed by atoms with E-state index in [1.165, 1.54) is 27.1 Å². The number of hydrogen-bond donors (Lipinski definition) is 1. The summed E-state index contributed by atoms with van der Waals surface area (Å²) in [6.07, 6.45) is 5.72. The van der Waals surface area contributed by atoms with Gasteiger partial charge in [-0.3, -0.25) is 4.98 Å². The summed E-state index contributed by atoms with van der Waals surface area (Å²) in [5, 5.41) is 9.38. The summed E-state index contributed by atoms with van der Waals surface area (Å²) in [7, 11) is 0. The Labute approximate surface area is 175 Å². The van der Waals surface area contributed by atoms with Gasteiger partial charge in [0.05, 0.1) is 12.2 Å². The Hall–Kier alpha value is -2.79. The lowest BCUT2D eigenvalue weighted by Crippen LogP contribution is -2.15. The second kappa shape index (κ2) is 8.70. The molecule has 2 aromatic carbocycles. The minimum Gasteiger partial charge on any atom is -0.493 e.